The predicted molar refractivity (Wildman–Crippen MR) is 130 cm³/mol. The van der Waals surface area contributed by atoms with Crippen molar-refractivity contribution in [1.82, 2.24) is 9.38 Å². The zero-order valence-electron chi connectivity index (χ0n) is 19.3. The number of fused-ring (bicyclic) bond motifs is 1. The Morgan fingerprint density at radius 2 is 1.82 bits per heavy atom. The summed E-state index contributed by atoms with van der Waals surface area (Å²) < 4.78 is 64.0. The molecule has 186 valence electrons. The van der Waals surface area contributed by atoms with E-state index in [9.17, 15) is 21.9 Å². The van der Waals surface area contributed by atoms with Gasteiger partial charge < -0.3 is 14.6 Å². The second kappa shape index (κ2) is 9.25. The third-order valence-corrected chi connectivity index (χ3v) is 9.42. The molecule has 0 saturated heterocycles. The maximum atomic E-state index is 13.3. The van der Waals surface area contributed by atoms with Crippen LogP contribution in [0.25, 0.3) is 16.9 Å². The molecule has 0 saturated carbocycles. The summed E-state index contributed by atoms with van der Waals surface area (Å²) >= 11 is 6.37. The highest BCUT2D eigenvalue weighted by Gasteiger charge is 2.38. The van der Waals surface area contributed by atoms with Crippen LogP contribution in [0.4, 0.5) is 5.69 Å². The van der Waals surface area contributed by atoms with Gasteiger partial charge in [-0.15, -0.1) is 0 Å². The third-order valence-electron chi connectivity index (χ3n) is 5.38. The molecule has 0 fully saturated rings. The zero-order chi connectivity index (χ0) is 25.5. The monoisotopic (exact) mass is 531 g/mol. The molecule has 3 rings (SSSR count). The van der Waals surface area contributed by atoms with Crippen LogP contribution in [0.1, 0.15) is 20.8 Å². The SMILES string of the molecule is CCS(=O)(=O)Nc1cc(-c2cnc3cc(OC)c(S(=O)(=O)C(C)(C)CO)cn23)cc(Cl)c1OC. The molecule has 0 spiro atoms. The molecule has 0 aliphatic rings. The van der Waals surface area contributed by atoms with Crippen molar-refractivity contribution in [2.75, 3.05) is 31.3 Å². The Kier molecular flexibility index (Phi) is 7.09. The van der Waals surface area contributed by atoms with E-state index in [4.69, 9.17) is 21.1 Å². The van der Waals surface area contributed by atoms with Crippen LogP contribution in [-0.2, 0) is 19.9 Å². The van der Waals surface area contributed by atoms with Crippen LogP contribution in [0.2, 0.25) is 5.02 Å². The molecular weight excluding hydrogens is 506 g/mol. The summed E-state index contributed by atoms with van der Waals surface area (Å²) in [5.41, 5.74) is 1.42. The number of aromatic nitrogens is 2. The first kappa shape index (κ1) is 26.1. The van der Waals surface area contributed by atoms with Crippen LogP contribution in [0.3, 0.4) is 0 Å². The van der Waals surface area contributed by atoms with Crippen molar-refractivity contribution in [3.8, 4) is 22.8 Å². The number of benzene rings is 1. The lowest BCUT2D eigenvalue weighted by Crippen LogP contribution is -2.36. The van der Waals surface area contributed by atoms with Crippen LogP contribution in [0.15, 0.2) is 35.5 Å². The summed E-state index contributed by atoms with van der Waals surface area (Å²) in [5, 5.41) is 9.81. The Bertz CT molecular complexity index is 1450. The first-order valence-electron chi connectivity index (χ1n) is 10.1. The van der Waals surface area contributed by atoms with Gasteiger partial charge in [-0.05, 0) is 32.9 Å². The summed E-state index contributed by atoms with van der Waals surface area (Å²) in [4.78, 5) is 4.20. The number of ether oxygens (including phenoxy) is 2. The van der Waals surface area contributed by atoms with Gasteiger partial charge in [0.15, 0.2) is 15.6 Å². The summed E-state index contributed by atoms with van der Waals surface area (Å²) in [7, 11) is -4.94. The minimum Gasteiger partial charge on any atom is -0.495 e. The van der Waals surface area contributed by atoms with Crippen molar-refractivity contribution in [3.05, 3.63) is 35.6 Å². The fourth-order valence-electron chi connectivity index (χ4n) is 3.21. The molecule has 0 radical (unpaired) electrons. The molecule has 0 bridgehead atoms. The van der Waals surface area contributed by atoms with Gasteiger partial charge in [0, 0.05) is 17.8 Å². The summed E-state index contributed by atoms with van der Waals surface area (Å²) in [6, 6.07) is 4.55. The molecule has 2 heterocycles. The lowest BCUT2D eigenvalue weighted by Gasteiger charge is -2.23. The molecule has 0 atom stereocenters. The van der Waals surface area contributed by atoms with Gasteiger partial charge in [0.25, 0.3) is 0 Å². The minimum absolute atomic E-state index is 0.0790. The summed E-state index contributed by atoms with van der Waals surface area (Å²) in [6.07, 6.45) is 2.86. The predicted octanol–water partition coefficient (Wildman–Crippen LogP) is 2.98. The van der Waals surface area contributed by atoms with Crippen molar-refractivity contribution in [2.24, 2.45) is 0 Å². The Morgan fingerprint density at radius 1 is 1.15 bits per heavy atom. The van der Waals surface area contributed by atoms with Crippen molar-refractivity contribution in [2.45, 2.75) is 30.4 Å². The normalized spacial score (nSPS) is 12.7. The maximum Gasteiger partial charge on any atom is 0.232 e. The molecule has 2 N–H and O–H groups in total. The van der Waals surface area contributed by atoms with Crippen LogP contribution in [0.5, 0.6) is 11.5 Å². The number of hydrogen-bond acceptors (Lipinski definition) is 8. The van der Waals surface area contributed by atoms with E-state index in [0.29, 0.717) is 16.9 Å². The fraction of sp³-hybridized carbons (Fsp3) is 0.381. The fourth-order valence-corrected chi connectivity index (χ4v) is 5.55. The van der Waals surface area contributed by atoms with E-state index >= 15 is 0 Å². The van der Waals surface area contributed by atoms with Gasteiger partial charge in [-0.1, -0.05) is 11.6 Å². The van der Waals surface area contributed by atoms with E-state index in [-0.39, 0.29) is 32.9 Å². The maximum absolute atomic E-state index is 13.3. The average Bonchev–Trinajstić information content (AvgIpc) is 3.20. The van der Waals surface area contributed by atoms with Gasteiger partial charge in [0.05, 0.1) is 53.9 Å². The first-order valence-corrected chi connectivity index (χ1v) is 13.6. The second-order valence-electron chi connectivity index (χ2n) is 8.04. The molecule has 0 unspecified atom stereocenters. The van der Waals surface area contributed by atoms with Crippen LogP contribution in [0, 0.1) is 0 Å². The molecule has 13 heteroatoms. The van der Waals surface area contributed by atoms with Crippen LogP contribution < -0.4 is 14.2 Å². The van der Waals surface area contributed by atoms with Crippen LogP contribution in [-0.4, -0.2) is 62.7 Å². The van der Waals surface area contributed by atoms with Gasteiger partial charge in [-0.25, -0.2) is 21.8 Å². The van der Waals surface area contributed by atoms with Gasteiger partial charge in [-0.3, -0.25) is 9.12 Å². The number of nitrogens with zero attached hydrogens (tertiary/aromatic N) is 2. The lowest BCUT2D eigenvalue weighted by atomic mass is 10.1. The molecule has 0 aliphatic carbocycles. The highest BCUT2D eigenvalue weighted by molar-refractivity contribution is 7.93. The molecule has 34 heavy (non-hydrogen) atoms. The Morgan fingerprint density at radius 3 is 2.38 bits per heavy atom. The number of anilines is 1. The number of rotatable bonds is 9. The molecule has 3 aromatic rings. The van der Waals surface area contributed by atoms with Crippen molar-refractivity contribution in [3.63, 3.8) is 0 Å². The number of hydrogen-bond donors (Lipinski definition) is 2. The number of sulfonamides is 1. The van der Waals surface area contributed by atoms with E-state index in [2.05, 4.69) is 9.71 Å². The quantitative estimate of drug-likeness (QED) is 0.430. The number of aliphatic hydroxyl groups is 1. The smallest absolute Gasteiger partial charge is 0.232 e. The largest absolute Gasteiger partial charge is 0.495 e. The molecule has 10 nitrogen and oxygen atoms in total. The first-order chi connectivity index (χ1) is 15.8. The van der Waals surface area contributed by atoms with Gasteiger partial charge in [0.2, 0.25) is 10.0 Å². The highest BCUT2D eigenvalue weighted by atomic mass is 35.5. The highest BCUT2D eigenvalue weighted by Crippen LogP contribution is 2.40. The number of pyridine rings is 1. The molecule has 0 aliphatic heterocycles. The third kappa shape index (κ3) is 4.54. The summed E-state index contributed by atoms with van der Waals surface area (Å²) in [5.74, 6) is 0.0659. The number of halogens is 1. The van der Waals surface area contributed by atoms with Crippen molar-refractivity contribution in [1.29, 1.82) is 0 Å². The van der Waals surface area contributed by atoms with E-state index in [1.54, 1.807) is 6.07 Å². The minimum atomic E-state index is -4.02. The second-order valence-corrected chi connectivity index (χ2v) is 13.0. The number of imidazole rings is 1. The topological polar surface area (TPSA) is 136 Å². The number of nitrogens with one attached hydrogen (secondary N) is 1. The average molecular weight is 532 g/mol. The molecule has 1 aromatic carbocycles. The number of sulfone groups is 1. The van der Waals surface area contributed by atoms with Gasteiger partial charge in [-0.2, -0.15) is 0 Å². The number of aliphatic hydroxyl groups excluding tert-OH is 1. The van der Waals surface area contributed by atoms with Crippen molar-refractivity contribution < 1.29 is 31.4 Å². The zero-order valence-corrected chi connectivity index (χ0v) is 21.7. The number of methoxy groups -OCH3 is 2. The van der Waals surface area contributed by atoms with E-state index in [0.717, 1.165) is 0 Å². The Balaban J connectivity index is 2.29. The Hall–Kier alpha value is -2.54. The molecule has 0 amide bonds. The van der Waals surface area contributed by atoms with E-state index in [1.807, 2.05) is 0 Å². The van der Waals surface area contributed by atoms with E-state index in [1.165, 1.54) is 63.9 Å². The van der Waals surface area contributed by atoms with Crippen molar-refractivity contribution >= 4 is 42.8 Å². The Labute approximate surface area is 203 Å². The standard InChI is InChI=1S/C21H26ClN3O7S2/c1-6-33(27,28)24-15-8-13(7-14(22)20(15)32-5)16-10-23-19-9-17(31-4)18(11-25(16)19)34(29,30)21(2,3)12-26/h7-11,24,26H,6,12H2,1-5H3. The van der Waals surface area contributed by atoms with Gasteiger partial charge in [0.1, 0.15) is 16.3 Å². The van der Waals surface area contributed by atoms with Gasteiger partial charge >= 0.3 is 0 Å². The molecular formula is C21H26ClN3O7S2. The lowest BCUT2D eigenvalue weighted by molar-refractivity contribution is 0.257. The van der Waals surface area contributed by atoms with Crippen LogP contribution >= 0.6 is 11.6 Å². The summed E-state index contributed by atoms with van der Waals surface area (Å²) in [6.45, 7) is 3.72. The van der Waals surface area contributed by atoms with E-state index < -0.39 is 31.2 Å². The molecule has 2 aromatic heterocycles.